The lowest BCUT2D eigenvalue weighted by Gasteiger charge is -2.15. The maximum absolute atomic E-state index is 12.1. The molecule has 1 aliphatic carbocycles. The molecule has 3 rings (SSSR count). The third-order valence-electron chi connectivity index (χ3n) is 3.41. The van der Waals surface area contributed by atoms with Crippen molar-refractivity contribution in [3.05, 3.63) is 34.9 Å². The molecule has 1 aromatic carbocycles. The molecule has 0 radical (unpaired) electrons. The fourth-order valence-corrected chi connectivity index (χ4v) is 2.48. The number of carbonyl (C=O) groups excluding carboxylic acids is 1. The van der Waals surface area contributed by atoms with Crippen molar-refractivity contribution in [1.82, 2.24) is 9.88 Å². The van der Waals surface area contributed by atoms with Crippen LogP contribution < -0.4 is 5.32 Å². The van der Waals surface area contributed by atoms with Crippen LogP contribution in [0.15, 0.2) is 34.9 Å². The monoisotopic (exact) mass is 306 g/mol. The maximum Gasteiger partial charge on any atom is 0.242 e. The highest BCUT2D eigenvalue weighted by Crippen LogP contribution is 2.25. The first-order chi connectivity index (χ1) is 8.65. The van der Waals surface area contributed by atoms with E-state index in [9.17, 15) is 4.79 Å². The molecule has 1 amide bonds. The van der Waals surface area contributed by atoms with Gasteiger partial charge in [-0.2, -0.15) is 0 Å². The van der Waals surface area contributed by atoms with Gasteiger partial charge in [-0.15, -0.1) is 0 Å². The average molecular weight is 307 g/mol. The number of nitrogens with one attached hydrogen (secondary N) is 1. The van der Waals surface area contributed by atoms with E-state index < -0.39 is 0 Å². The Balaban J connectivity index is 1.92. The molecule has 2 aromatic rings. The molecule has 1 aliphatic rings. The van der Waals surface area contributed by atoms with Crippen LogP contribution in [0.3, 0.4) is 0 Å². The summed E-state index contributed by atoms with van der Waals surface area (Å²) in [5, 5.41) is 4.21. The highest BCUT2D eigenvalue weighted by atomic mass is 79.9. The maximum atomic E-state index is 12.1. The molecule has 1 unspecified atom stereocenters. The molecule has 0 bridgehead atoms. The Morgan fingerprint density at radius 3 is 2.94 bits per heavy atom. The van der Waals surface area contributed by atoms with Gasteiger partial charge in [0, 0.05) is 22.2 Å². The summed E-state index contributed by atoms with van der Waals surface area (Å²) in [6.07, 6.45) is 4.22. The number of hydrogen-bond donors (Lipinski definition) is 1. The standard InChI is InChI=1S/C14H15BrN2O/c1-9(14(18)16-12-4-5-12)17-7-6-10-2-3-11(15)8-13(10)17/h2-3,6-9,12H,4-5H2,1H3,(H,16,18). The Hall–Kier alpha value is -1.29. The van der Waals surface area contributed by atoms with E-state index in [1.807, 2.05) is 29.8 Å². The predicted octanol–water partition coefficient (Wildman–Crippen LogP) is 3.24. The molecule has 4 heteroatoms. The second-order valence-corrected chi connectivity index (χ2v) is 5.80. The van der Waals surface area contributed by atoms with Crippen molar-refractivity contribution in [3.63, 3.8) is 0 Å². The van der Waals surface area contributed by atoms with Gasteiger partial charge in [0.1, 0.15) is 6.04 Å². The molecule has 0 spiro atoms. The Morgan fingerprint density at radius 1 is 1.44 bits per heavy atom. The molecule has 3 nitrogen and oxygen atoms in total. The minimum Gasteiger partial charge on any atom is -0.352 e. The van der Waals surface area contributed by atoms with Crippen molar-refractivity contribution < 1.29 is 4.79 Å². The zero-order valence-corrected chi connectivity index (χ0v) is 11.8. The van der Waals surface area contributed by atoms with E-state index in [4.69, 9.17) is 0 Å². The van der Waals surface area contributed by atoms with Crippen LogP contribution in [0, 0.1) is 0 Å². The first-order valence-corrected chi connectivity index (χ1v) is 7.01. The number of halogens is 1. The number of benzene rings is 1. The van der Waals surface area contributed by atoms with Crippen LogP contribution in [0.1, 0.15) is 25.8 Å². The number of carbonyl (C=O) groups is 1. The Bertz CT molecular complexity index is 601. The van der Waals surface area contributed by atoms with E-state index in [0.717, 1.165) is 28.2 Å². The number of fused-ring (bicyclic) bond motifs is 1. The van der Waals surface area contributed by atoms with Gasteiger partial charge in [0.05, 0.1) is 0 Å². The molecule has 94 valence electrons. The Morgan fingerprint density at radius 2 is 2.22 bits per heavy atom. The second kappa shape index (κ2) is 4.43. The molecule has 0 saturated heterocycles. The number of amides is 1. The summed E-state index contributed by atoms with van der Waals surface area (Å²) in [7, 11) is 0. The van der Waals surface area contributed by atoms with Gasteiger partial charge in [0.2, 0.25) is 5.91 Å². The molecule has 1 N–H and O–H groups in total. The summed E-state index contributed by atoms with van der Waals surface area (Å²) >= 11 is 3.47. The van der Waals surface area contributed by atoms with Gasteiger partial charge in [-0.05, 0) is 43.4 Å². The highest BCUT2D eigenvalue weighted by molar-refractivity contribution is 9.10. The van der Waals surface area contributed by atoms with Crippen molar-refractivity contribution >= 4 is 32.7 Å². The lowest BCUT2D eigenvalue weighted by atomic mass is 10.2. The normalized spacial score (nSPS) is 16.8. The van der Waals surface area contributed by atoms with Crippen molar-refractivity contribution in [2.75, 3.05) is 0 Å². The molecule has 18 heavy (non-hydrogen) atoms. The van der Waals surface area contributed by atoms with Gasteiger partial charge in [-0.1, -0.05) is 22.0 Å². The highest BCUT2D eigenvalue weighted by Gasteiger charge is 2.26. The number of aromatic nitrogens is 1. The van der Waals surface area contributed by atoms with Crippen molar-refractivity contribution in [3.8, 4) is 0 Å². The predicted molar refractivity (Wildman–Crippen MR) is 75.5 cm³/mol. The van der Waals surface area contributed by atoms with E-state index in [1.165, 1.54) is 0 Å². The lowest BCUT2D eigenvalue weighted by Crippen LogP contribution is -2.32. The van der Waals surface area contributed by atoms with Gasteiger partial charge in [0.25, 0.3) is 0 Å². The minimum absolute atomic E-state index is 0.106. The van der Waals surface area contributed by atoms with Crippen LogP contribution in [0.5, 0.6) is 0 Å². The molecule has 1 heterocycles. The SMILES string of the molecule is CC(C(=O)NC1CC1)n1ccc2ccc(Br)cc21. The first kappa shape index (κ1) is 11.8. The van der Waals surface area contributed by atoms with Crippen LogP contribution in [0.25, 0.3) is 10.9 Å². The van der Waals surface area contributed by atoms with E-state index in [2.05, 4.69) is 33.4 Å². The Labute approximate surface area is 114 Å². The van der Waals surface area contributed by atoms with E-state index in [1.54, 1.807) is 0 Å². The van der Waals surface area contributed by atoms with Crippen molar-refractivity contribution in [2.24, 2.45) is 0 Å². The Kier molecular flexibility index (Phi) is 2.90. The van der Waals surface area contributed by atoms with E-state index >= 15 is 0 Å². The van der Waals surface area contributed by atoms with Gasteiger partial charge >= 0.3 is 0 Å². The lowest BCUT2D eigenvalue weighted by molar-refractivity contribution is -0.123. The molecule has 0 aliphatic heterocycles. The summed E-state index contributed by atoms with van der Waals surface area (Å²) in [6.45, 7) is 1.94. The average Bonchev–Trinajstić information content (AvgIpc) is 3.06. The summed E-state index contributed by atoms with van der Waals surface area (Å²) in [5.74, 6) is 0.106. The van der Waals surface area contributed by atoms with Gasteiger partial charge in [-0.25, -0.2) is 0 Å². The van der Waals surface area contributed by atoms with Crippen molar-refractivity contribution in [2.45, 2.75) is 31.8 Å². The van der Waals surface area contributed by atoms with Crippen LogP contribution in [-0.2, 0) is 4.79 Å². The largest absolute Gasteiger partial charge is 0.352 e. The van der Waals surface area contributed by atoms with Gasteiger partial charge < -0.3 is 9.88 Å². The number of hydrogen-bond acceptors (Lipinski definition) is 1. The van der Waals surface area contributed by atoms with Crippen LogP contribution in [0.4, 0.5) is 0 Å². The van der Waals surface area contributed by atoms with Crippen LogP contribution in [0.2, 0.25) is 0 Å². The molecule has 1 atom stereocenters. The molecule has 1 saturated carbocycles. The van der Waals surface area contributed by atoms with E-state index in [0.29, 0.717) is 6.04 Å². The van der Waals surface area contributed by atoms with Crippen LogP contribution in [-0.4, -0.2) is 16.5 Å². The van der Waals surface area contributed by atoms with Crippen molar-refractivity contribution in [1.29, 1.82) is 0 Å². The summed E-state index contributed by atoms with van der Waals surface area (Å²) < 4.78 is 3.06. The number of nitrogens with zero attached hydrogens (tertiary/aromatic N) is 1. The third kappa shape index (κ3) is 2.17. The molecule has 1 fully saturated rings. The third-order valence-corrected chi connectivity index (χ3v) is 3.90. The van der Waals surface area contributed by atoms with E-state index in [-0.39, 0.29) is 11.9 Å². The minimum atomic E-state index is -0.169. The van der Waals surface area contributed by atoms with Gasteiger partial charge in [-0.3, -0.25) is 4.79 Å². The molecular formula is C14H15BrN2O. The number of rotatable bonds is 3. The van der Waals surface area contributed by atoms with Crippen LogP contribution >= 0.6 is 15.9 Å². The fourth-order valence-electron chi connectivity index (χ4n) is 2.14. The zero-order chi connectivity index (χ0) is 12.7. The smallest absolute Gasteiger partial charge is 0.242 e. The molecule has 1 aromatic heterocycles. The first-order valence-electron chi connectivity index (χ1n) is 6.21. The fraction of sp³-hybridized carbons (Fsp3) is 0.357. The summed E-state index contributed by atoms with van der Waals surface area (Å²) in [4.78, 5) is 12.1. The quantitative estimate of drug-likeness (QED) is 0.928. The molecular weight excluding hydrogens is 292 g/mol. The van der Waals surface area contributed by atoms with Gasteiger partial charge in [0.15, 0.2) is 0 Å². The second-order valence-electron chi connectivity index (χ2n) is 4.88. The summed E-state index contributed by atoms with van der Waals surface area (Å²) in [5.41, 5.74) is 1.09. The zero-order valence-electron chi connectivity index (χ0n) is 10.2. The summed E-state index contributed by atoms with van der Waals surface area (Å²) in [6, 6.07) is 8.41. The topological polar surface area (TPSA) is 34.0 Å².